The lowest BCUT2D eigenvalue weighted by Gasteiger charge is -2.22. The highest BCUT2D eigenvalue weighted by Crippen LogP contribution is 2.29. The number of carbonyl (C=O) groups is 2. The molecule has 7 heteroatoms. The molecule has 1 aromatic heterocycles. The fraction of sp³-hybridized carbons (Fsp3) is 0.545. The van der Waals surface area contributed by atoms with Crippen LogP contribution in [0.2, 0.25) is 0 Å². The van der Waals surface area contributed by atoms with Gasteiger partial charge in [0.1, 0.15) is 0 Å². The average Bonchev–Trinajstić information content (AvgIpc) is 3.46. The van der Waals surface area contributed by atoms with Gasteiger partial charge >= 0.3 is 0 Å². The van der Waals surface area contributed by atoms with Crippen LogP contribution in [-0.4, -0.2) is 39.4 Å². The SMILES string of the molecule is CCNC(=O)c1ccc(-n2nnc(C(=O)NC3CC3)c2CC2CCCCC2)cc1. The van der Waals surface area contributed by atoms with Gasteiger partial charge in [0.2, 0.25) is 0 Å². The van der Waals surface area contributed by atoms with Crippen molar-refractivity contribution in [2.75, 3.05) is 6.54 Å². The Morgan fingerprint density at radius 2 is 1.76 bits per heavy atom. The van der Waals surface area contributed by atoms with E-state index in [4.69, 9.17) is 0 Å². The Balaban J connectivity index is 1.61. The summed E-state index contributed by atoms with van der Waals surface area (Å²) < 4.78 is 1.78. The zero-order chi connectivity index (χ0) is 20.2. The van der Waals surface area contributed by atoms with Crippen molar-refractivity contribution in [3.63, 3.8) is 0 Å². The first-order chi connectivity index (χ1) is 14.2. The molecule has 2 saturated carbocycles. The van der Waals surface area contributed by atoms with E-state index in [1.807, 2.05) is 19.1 Å². The van der Waals surface area contributed by atoms with Crippen molar-refractivity contribution in [1.82, 2.24) is 25.6 Å². The van der Waals surface area contributed by atoms with Crippen molar-refractivity contribution in [3.8, 4) is 5.69 Å². The lowest BCUT2D eigenvalue weighted by atomic mass is 9.85. The molecular weight excluding hydrogens is 366 g/mol. The molecule has 2 aliphatic rings. The summed E-state index contributed by atoms with van der Waals surface area (Å²) in [7, 11) is 0. The molecule has 7 nitrogen and oxygen atoms in total. The normalized spacial score (nSPS) is 17.1. The number of aromatic nitrogens is 3. The van der Waals surface area contributed by atoms with Crippen molar-refractivity contribution in [2.24, 2.45) is 5.92 Å². The van der Waals surface area contributed by atoms with Crippen LogP contribution in [0.4, 0.5) is 0 Å². The molecule has 0 aliphatic heterocycles. The molecule has 154 valence electrons. The van der Waals surface area contributed by atoms with E-state index in [0.29, 0.717) is 23.7 Å². The summed E-state index contributed by atoms with van der Waals surface area (Å²) >= 11 is 0. The van der Waals surface area contributed by atoms with Crippen LogP contribution < -0.4 is 10.6 Å². The van der Waals surface area contributed by atoms with Crippen LogP contribution in [0, 0.1) is 5.92 Å². The zero-order valence-corrected chi connectivity index (χ0v) is 17.0. The fourth-order valence-corrected chi connectivity index (χ4v) is 4.03. The van der Waals surface area contributed by atoms with Crippen molar-refractivity contribution in [1.29, 1.82) is 0 Å². The Kier molecular flexibility index (Phi) is 5.92. The first kappa shape index (κ1) is 19.6. The molecule has 4 rings (SSSR count). The summed E-state index contributed by atoms with van der Waals surface area (Å²) in [6.07, 6.45) is 9.05. The second kappa shape index (κ2) is 8.76. The lowest BCUT2D eigenvalue weighted by Crippen LogP contribution is -2.27. The molecule has 0 unspecified atom stereocenters. The molecule has 0 bridgehead atoms. The Hall–Kier alpha value is -2.70. The minimum absolute atomic E-state index is 0.0930. The molecule has 2 N–H and O–H groups in total. The third-order valence-corrected chi connectivity index (χ3v) is 5.81. The van der Waals surface area contributed by atoms with Gasteiger partial charge in [0, 0.05) is 18.2 Å². The number of carbonyl (C=O) groups excluding carboxylic acids is 2. The van der Waals surface area contributed by atoms with Gasteiger partial charge in [-0.15, -0.1) is 5.10 Å². The molecule has 0 atom stereocenters. The maximum Gasteiger partial charge on any atom is 0.273 e. The van der Waals surface area contributed by atoms with E-state index in [1.165, 1.54) is 32.1 Å². The van der Waals surface area contributed by atoms with Gasteiger partial charge in [-0.3, -0.25) is 9.59 Å². The molecule has 2 aromatic rings. The van der Waals surface area contributed by atoms with Crippen LogP contribution in [-0.2, 0) is 6.42 Å². The highest BCUT2D eigenvalue weighted by Gasteiger charge is 2.29. The zero-order valence-electron chi connectivity index (χ0n) is 17.0. The predicted octanol–water partition coefficient (Wildman–Crippen LogP) is 3.03. The minimum Gasteiger partial charge on any atom is -0.352 e. The van der Waals surface area contributed by atoms with Gasteiger partial charge in [-0.1, -0.05) is 37.3 Å². The van der Waals surface area contributed by atoms with Gasteiger partial charge in [0.05, 0.1) is 11.4 Å². The van der Waals surface area contributed by atoms with Crippen LogP contribution in [0.25, 0.3) is 5.69 Å². The van der Waals surface area contributed by atoms with Crippen LogP contribution in [0.1, 0.15) is 78.4 Å². The molecule has 0 radical (unpaired) electrons. The third kappa shape index (κ3) is 4.66. The number of nitrogens with one attached hydrogen (secondary N) is 2. The van der Waals surface area contributed by atoms with E-state index < -0.39 is 0 Å². The largest absolute Gasteiger partial charge is 0.352 e. The summed E-state index contributed by atoms with van der Waals surface area (Å²) in [5.41, 5.74) is 2.74. The van der Waals surface area contributed by atoms with Crippen molar-refractivity contribution in [3.05, 3.63) is 41.2 Å². The lowest BCUT2D eigenvalue weighted by molar-refractivity contribution is 0.0940. The molecule has 1 aromatic carbocycles. The Labute approximate surface area is 171 Å². The van der Waals surface area contributed by atoms with Crippen molar-refractivity contribution < 1.29 is 9.59 Å². The third-order valence-electron chi connectivity index (χ3n) is 5.81. The van der Waals surface area contributed by atoms with E-state index in [9.17, 15) is 9.59 Å². The van der Waals surface area contributed by atoms with Gasteiger partial charge in [-0.2, -0.15) is 0 Å². The smallest absolute Gasteiger partial charge is 0.273 e. The van der Waals surface area contributed by atoms with Crippen LogP contribution >= 0.6 is 0 Å². The number of hydrogen-bond donors (Lipinski definition) is 2. The monoisotopic (exact) mass is 395 g/mol. The topological polar surface area (TPSA) is 88.9 Å². The summed E-state index contributed by atoms with van der Waals surface area (Å²) in [5.74, 6) is 0.344. The maximum absolute atomic E-state index is 12.7. The van der Waals surface area contributed by atoms with Crippen LogP contribution in [0.5, 0.6) is 0 Å². The molecular formula is C22H29N5O2. The van der Waals surface area contributed by atoms with Gasteiger partial charge in [0.25, 0.3) is 11.8 Å². The molecule has 2 fully saturated rings. The second-order valence-corrected chi connectivity index (χ2v) is 8.16. The molecule has 29 heavy (non-hydrogen) atoms. The first-order valence-corrected chi connectivity index (χ1v) is 10.8. The summed E-state index contributed by atoms with van der Waals surface area (Å²) in [6, 6.07) is 7.59. The molecule has 0 spiro atoms. The van der Waals surface area contributed by atoms with E-state index >= 15 is 0 Å². The van der Waals surface area contributed by atoms with Crippen molar-refractivity contribution >= 4 is 11.8 Å². The van der Waals surface area contributed by atoms with Gasteiger partial charge in [-0.25, -0.2) is 4.68 Å². The maximum atomic E-state index is 12.7. The van der Waals surface area contributed by atoms with E-state index in [1.54, 1.807) is 16.8 Å². The highest BCUT2D eigenvalue weighted by atomic mass is 16.2. The number of nitrogens with zero attached hydrogens (tertiary/aromatic N) is 3. The van der Waals surface area contributed by atoms with E-state index in [-0.39, 0.29) is 17.9 Å². The van der Waals surface area contributed by atoms with Gasteiger partial charge in [-0.05, 0) is 56.4 Å². The second-order valence-electron chi connectivity index (χ2n) is 8.16. The summed E-state index contributed by atoms with van der Waals surface area (Å²) in [6.45, 7) is 2.49. The molecule has 1 heterocycles. The highest BCUT2D eigenvalue weighted by molar-refractivity contribution is 5.94. The minimum atomic E-state index is -0.122. The van der Waals surface area contributed by atoms with Crippen LogP contribution in [0.3, 0.4) is 0 Å². The standard InChI is InChI=1S/C22H29N5O2/c1-2-23-21(28)16-8-12-18(13-9-16)27-19(14-15-6-4-3-5-7-15)20(25-26-27)22(29)24-17-10-11-17/h8-9,12-13,15,17H,2-7,10-11,14H2,1H3,(H,23,28)(H,24,29). The summed E-state index contributed by atoms with van der Waals surface area (Å²) in [5, 5.41) is 14.4. The average molecular weight is 396 g/mol. The van der Waals surface area contributed by atoms with E-state index in [0.717, 1.165) is 30.6 Å². The quantitative estimate of drug-likeness (QED) is 0.754. The van der Waals surface area contributed by atoms with Crippen molar-refractivity contribution in [2.45, 2.75) is 64.3 Å². The number of amides is 2. The van der Waals surface area contributed by atoms with Gasteiger partial charge in [0.15, 0.2) is 5.69 Å². The predicted molar refractivity (Wildman–Crippen MR) is 110 cm³/mol. The number of rotatable bonds is 7. The van der Waals surface area contributed by atoms with Gasteiger partial charge < -0.3 is 10.6 Å². The molecule has 2 aliphatic carbocycles. The number of benzene rings is 1. The Morgan fingerprint density at radius 1 is 1.03 bits per heavy atom. The van der Waals surface area contributed by atoms with E-state index in [2.05, 4.69) is 20.9 Å². The Morgan fingerprint density at radius 3 is 2.41 bits per heavy atom. The first-order valence-electron chi connectivity index (χ1n) is 10.8. The molecule has 0 saturated heterocycles. The number of hydrogen-bond acceptors (Lipinski definition) is 4. The van der Waals surface area contributed by atoms with Crippen LogP contribution in [0.15, 0.2) is 24.3 Å². The Bertz CT molecular complexity index is 864. The summed E-state index contributed by atoms with van der Waals surface area (Å²) in [4.78, 5) is 24.8. The fourth-order valence-electron chi connectivity index (χ4n) is 4.03. The molecule has 2 amide bonds.